The average molecular weight is 272 g/mol. The van der Waals surface area contributed by atoms with Crippen molar-refractivity contribution in [1.82, 2.24) is 10.6 Å². The van der Waals surface area contributed by atoms with Crippen molar-refractivity contribution in [1.29, 1.82) is 0 Å². The third-order valence-electron chi connectivity index (χ3n) is 3.36. The molecule has 0 spiro atoms. The van der Waals surface area contributed by atoms with Gasteiger partial charge in [-0.25, -0.2) is 0 Å². The van der Waals surface area contributed by atoms with Gasteiger partial charge in [0.25, 0.3) is 0 Å². The summed E-state index contributed by atoms with van der Waals surface area (Å²) in [6.07, 6.45) is 10.5. The van der Waals surface area contributed by atoms with E-state index in [-0.39, 0.29) is 11.9 Å². The molecule has 1 aliphatic rings. The number of thioether (sulfide) groups is 1. The number of hydrogen-bond acceptors (Lipinski definition) is 3. The summed E-state index contributed by atoms with van der Waals surface area (Å²) in [6, 6.07) is 0.0454. The van der Waals surface area contributed by atoms with E-state index >= 15 is 0 Å². The first-order valence-electron chi connectivity index (χ1n) is 7.43. The Morgan fingerprint density at radius 2 is 1.83 bits per heavy atom. The van der Waals surface area contributed by atoms with Crippen LogP contribution < -0.4 is 10.6 Å². The van der Waals surface area contributed by atoms with Gasteiger partial charge in [0.1, 0.15) is 0 Å². The second-order valence-corrected chi connectivity index (χ2v) is 6.07. The molecule has 1 unspecified atom stereocenters. The number of unbranched alkanes of at least 4 members (excludes halogenated alkanes) is 7. The Bertz CT molecular complexity index is 218. The number of carbonyl (C=O) groups is 1. The zero-order valence-electron chi connectivity index (χ0n) is 11.7. The molecule has 1 amide bonds. The van der Waals surface area contributed by atoms with Gasteiger partial charge in [0, 0.05) is 18.2 Å². The molecule has 3 nitrogen and oxygen atoms in total. The van der Waals surface area contributed by atoms with E-state index in [0.717, 1.165) is 24.6 Å². The first kappa shape index (κ1) is 15.8. The van der Waals surface area contributed by atoms with Gasteiger partial charge in [-0.1, -0.05) is 51.9 Å². The van der Waals surface area contributed by atoms with E-state index < -0.39 is 0 Å². The van der Waals surface area contributed by atoms with Gasteiger partial charge >= 0.3 is 0 Å². The van der Waals surface area contributed by atoms with Crippen LogP contribution in [0.1, 0.15) is 58.3 Å². The van der Waals surface area contributed by atoms with Crippen LogP contribution in [-0.4, -0.2) is 30.1 Å². The molecular formula is C14H28N2OS. The Morgan fingerprint density at radius 1 is 1.17 bits per heavy atom. The monoisotopic (exact) mass is 272 g/mol. The van der Waals surface area contributed by atoms with Crippen molar-refractivity contribution in [2.45, 2.75) is 64.3 Å². The summed E-state index contributed by atoms with van der Waals surface area (Å²) in [4.78, 5) is 11.7. The molecule has 0 bridgehead atoms. The third kappa shape index (κ3) is 7.27. The molecule has 0 aromatic carbocycles. The highest BCUT2D eigenvalue weighted by Crippen LogP contribution is 2.10. The smallest absolute Gasteiger partial charge is 0.238 e. The largest absolute Gasteiger partial charge is 0.355 e. The van der Waals surface area contributed by atoms with Crippen molar-refractivity contribution in [3.05, 3.63) is 0 Å². The molecule has 1 atom stereocenters. The van der Waals surface area contributed by atoms with E-state index in [2.05, 4.69) is 17.6 Å². The second-order valence-electron chi connectivity index (χ2n) is 5.04. The summed E-state index contributed by atoms with van der Waals surface area (Å²) >= 11 is 1.80. The molecule has 0 saturated carbocycles. The van der Waals surface area contributed by atoms with Crippen LogP contribution in [0.15, 0.2) is 0 Å². The van der Waals surface area contributed by atoms with E-state index in [0.29, 0.717) is 0 Å². The summed E-state index contributed by atoms with van der Waals surface area (Å²) in [6.45, 7) is 3.09. The molecule has 1 saturated heterocycles. The van der Waals surface area contributed by atoms with Crippen LogP contribution in [0.5, 0.6) is 0 Å². The average Bonchev–Trinajstić information content (AvgIpc) is 2.90. The van der Waals surface area contributed by atoms with E-state index in [9.17, 15) is 4.79 Å². The van der Waals surface area contributed by atoms with Crippen LogP contribution >= 0.6 is 11.8 Å². The van der Waals surface area contributed by atoms with Gasteiger partial charge in [0.15, 0.2) is 0 Å². The molecule has 1 rings (SSSR count). The van der Waals surface area contributed by atoms with Gasteiger partial charge < -0.3 is 5.32 Å². The fourth-order valence-corrected chi connectivity index (χ4v) is 3.10. The van der Waals surface area contributed by atoms with E-state index in [1.54, 1.807) is 11.8 Å². The molecule has 2 N–H and O–H groups in total. The minimum atomic E-state index is 0.0454. The highest BCUT2D eigenvalue weighted by Gasteiger charge is 2.21. The van der Waals surface area contributed by atoms with E-state index in [1.807, 2.05) is 0 Å². The quantitative estimate of drug-likeness (QED) is 0.601. The summed E-state index contributed by atoms with van der Waals surface area (Å²) in [5.41, 5.74) is 0. The van der Waals surface area contributed by atoms with Crippen molar-refractivity contribution in [3.8, 4) is 0 Å². The first-order chi connectivity index (χ1) is 8.84. The fourth-order valence-electron chi connectivity index (χ4n) is 2.16. The number of hydrogen-bond donors (Lipinski definition) is 2. The highest BCUT2D eigenvalue weighted by atomic mass is 32.2. The van der Waals surface area contributed by atoms with Crippen molar-refractivity contribution in [2.24, 2.45) is 0 Å². The minimum absolute atomic E-state index is 0.0454. The third-order valence-corrected chi connectivity index (χ3v) is 4.30. The molecule has 1 aliphatic heterocycles. The molecule has 0 aromatic heterocycles. The van der Waals surface area contributed by atoms with Crippen LogP contribution in [-0.2, 0) is 4.79 Å². The van der Waals surface area contributed by atoms with Crippen molar-refractivity contribution in [2.75, 3.05) is 18.2 Å². The Labute approximate surface area is 116 Å². The maximum atomic E-state index is 11.7. The van der Waals surface area contributed by atoms with Gasteiger partial charge in [0.2, 0.25) is 5.91 Å². The minimum Gasteiger partial charge on any atom is -0.355 e. The second kappa shape index (κ2) is 10.7. The zero-order valence-corrected chi connectivity index (χ0v) is 12.5. The van der Waals surface area contributed by atoms with Crippen LogP contribution in [0.3, 0.4) is 0 Å². The van der Waals surface area contributed by atoms with Crippen LogP contribution in [0.25, 0.3) is 0 Å². The van der Waals surface area contributed by atoms with E-state index in [1.165, 1.54) is 44.9 Å². The lowest BCUT2D eigenvalue weighted by molar-refractivity contribution is -0.122. The van der Waals surface area contributed by atoms with E-state index in [4.69, 9.17) is 0 Å². The summed E-state index contributed by atoms with van der Waals surface area (Å²) in [5.74, 6) is 2.02. The fraction of sp³-hybridized carbons (Fsp3) is 0.929. The first-order valence-corrected chi connectivity index (χ1v) is 8.59. The van der Waals surface area contributed by atoms with Crippen LogP contribution in [0.2, 0.25) is 0 Å². The van der Waals surface area contributed by atoms with Gasteiger partial charge in [-0.2, -0.15) is 0 Å². The highest BCUT2D eigenvalue weighted by molar-refractivity contribution is 7.99. The van der Waals surface area contributed by atoms with Crippen LogP contribution in [0.4, 0.5) is 0 Å². The number of rotatable bonds is 10. The van der Waals surface area contributed by atoms with Crippen molar-refractivity contribution in [3.63, 3.8) is 0 Å². The Hall–Kier alpha value is -0.220. The number of carbonyl (C=O) groups excluding carboxylic acids is 1. The molecule has 106 valence electrons. The lowest BCUT2D eigenvalue weighted by atomic mass is 10.1. The summed E-state index contributed by atoms with van der Waals surface area (Å²) in [5, 5.41) is 6.21. The van der Waals surface area contributed by atoms with Crippen molar-refractivity contribution < 1.29 is 4.79 Å². The normalized spacial score (nSPS) is 19.1. The lowest BCUT2D eigenvalue weighted by Crippen LogP contribution is -2.42. The van der Waals surface area contributed by atoms with Gasteiger partial charge in [-0.3, -0.25) is 10.1 Å². The summed E-state index contributed by atoms with van der Waals surface area (Å²) in [7, 11) is 0. The van der Waals surface area contributed by atoms with Crippen LogP contribution in [0, 0.1) is 0 Å². The molecule has 0 aliphatic carbocycles. The Morgan fingerprint density at radius 3 is 2.44 bits per heavy atom. The Balaban J connectivity index is 1.82. The van der Waals surface area contributed by atoms with Gasteiger partial charge in [0.05, 0.1) is 6.04 Å². The van der Waals surface area contributed by atoms with Crippen molar-refractivity contribution >= 4 is 17.7 Å². The Kier molecular flexibility index (Phi) is 9.40. The molecule has 18 heavy (non-hydrogen) atoms. The summed E-state index contributed by atoms with van der Waals surface area (Å²) < 4.78 is 0. The maximum absolute atomic E-state index is 11.7. The predicted octanol–water partition coefficient (Wildman–Crippen LogP) is 2.91. The lowest BCUT2D eigenvalue weighted by Gasteiger charge is -2.10. The predicted molar refractivity (Wildman–Crippen MR) is 79.9 cm³/mol. The molecule has 1 fully saturated rings. The standard InChI is InChI=1S/C14H28N2OS/c1-2-3-4-5-6-7-8-9-10-15-14(17)13-11-18-12-16-13/h13,16H,2-12H2,1H3,(H,15,17). The number of amides is 1. The van der Waals surface area contributed by atoms with Gasteiger partial charge in [-0.05, 0) is 6.42 Å². The topological polar surface area (TPSA) is 41.1 Å². The number of nitrogens with one attached hydrogen (secondary N) is 2. The molecule has 0 radical (unpaired) electrons. The van der Waals surface area contributed by atoms with Gasteiger partial charge in [-0.15, -0.1) is 11.8 Å². The zero-order chi connectivity index (χ0) is 13.1. The maximum Gasteiger partial charge on any atom is 0.238 e. The molecule has 4 heteroatoms. The molecular weight excluding hydrogens is 244 g/mol. The molecule has 0 aromatic rings. The molecule has 1 heterocycles. The SMILES string of the molecule is CCCCCCCCCCNC(=O)C1CSCN1.